The maximum atomic E-state index is 12.1. The average molecular weight is 358 g/mol. The Labute approximate surface area is 148 Å². The number of unbranched alkanes of at least 4 members (excludes halogenated alkanes) is 2. The first-order valence-corrected chi connectivity index (χ1v) is 8.91. The van der Waals surface area contributed by atoms with Gasteiger partial charge in [0.25, 0.3) is 5.91 Å². The number of benzene rings is 1. The van der Waals surface area contributed by atoms with Crippen LogP contribution in [0, 0.1) is 0 Å². The Morgan fingerprint density at radius 3 is 2.76 bits per heavy atom. The lowest BCUT2D eigenvalue weighted by molar-refractivity contribution is -0.137. The van der Waals surface area contributed by atoms with Gasteiger partial charge in [-0.2, -0.15) is 0 Å². The highest BCUT2D eigenvalue weighted by Crippen LogP contribution is 2.31. The molecule has 0 aliphatic carbocycles. The predicted molar refractivity (Wildman–Crippen MR) is 95.8 cm³/mol. The average Bonchev–Trinajstić information content (AvgIpc) is 3.23. The van der Waals surface area contributed by atoms with Crippen LogP contribution in [0.4, 0.5) is 0 Å². The smallest absolute Gasteiger partial charge is 0.303 e. The number of aliphatic carboxylic acids is 1. The summed E-state index contributed by atoms with van der Waals surface area (Å²) in [6.45, 7) is 0.496. The number of carbonyl (C=O) groups excluding carboxylic acids is 1. The van der Waals surface area contributed by atoms with Crippen LogP contribution in [0.3, 0.4) is 0 Å². The van der Waals surface area contributed by atoms with Crippen LogP contribution in [0.25, 0.3) is 21.0 Å². The van der Waals surface area contributed by atoms with Gasteiger partial charge >= 0.3 is 5.97 Å². The number of amides is 1. The molecule has 6 nitrogen and oxygen atoms in total. The van der Waals surface area contributed by atoms with Crippen molar-refractivity contribution in [2.24, 2.45) is 0 Å². The topological polar surface area (TPSA) is 92.4 Å². The van der Waals surface area contributed by atoms with Gasteiger partial charge in [-0.1, -0.05) is 18.6 Å². The maximum Gasteiger partial charge on any atom is 0.303 e. The van der Waals surface area contributed by atoms with E-state index in [0.717, 1.165) is 28.1 Å². The molecule has 2 aromatic heterocycles. The summed E-state index contributed by atoms with van der Waals surface area (Å²) in [7, 11) is 0. The zero-order chi connectivity index (χ0) is 17.6. The summed E-state index contributed by atoms with van der Waals surface area (Å²) < 4.78 is 6.70. The van der Waals surface area contributed by atoms with Crippen molar-refractivity contribution in [2.45, 2.75) is 25.7 Å². The lowest BCUT2D eigenvalue weighted by Crippen LogP contribution is -2.23. The van der Waals surface area contributed by atoms with Crippen molar-refractivity contribution >= 4 is 33.4 Å². The Kier molecular flexibility index (Phi) is 5.45. The number of rotatable bonds is 8. The van der Waals surface area contributed by atoms with Gasteiger partial charge in [0.2, 0.25) is 0 Å². The second-order valence-electron chi connectivity index (χ2n) is 5.61. The van der Waals surface area contributed by atoms with Crippen LogP contribution in [0.2, 0.25) is 0 Å². The molecule has 1 aromatic carbocycles. The molecule has 25 heavy (non-hydrogen) atoms. The molecule has 0 unspecified atom stereocenters. The Morgan fingerprint density at radius 2 is 1.96 bits per heavy atom. The van der Waals surface area contributed by atoms with Gasteiger partial charge in [-0.15, -0.1) is 11.3 Å². The summed E-state index contributed by atoms with van der Waals surface area (Å²) in [4.78, 5) is 27.0. The molecular formula is C18H18N2O4S. The van der Waals surface area contributed by atoms with E-state index in [9.17, 15) is 9.59 Å². The first-order chi connectivity index (χ1) is 12.1. The Balaban J connectivity index is 1.54. The molecule has 0 saturated heterocycles. The Morgan fingerprint density at radius 1 is 1.12 bits per heavy atom. The van der Waals surface area contributed by atoms with Gasteiger partial charge in [0, 0.05) is 13.0 Å². The van der Waals surface area contributed by atoms with E-state index in [0.29, 0.717) is 18.7 Å². The summed E-state index contributed by atoms with van der Waals surface area (Å²) in [5.41, 5.74) is 0.909. The van der Waals surface area contributed by atoms with Gasteiger partial charge in [0.05, 0.1) is 10.2 Å². The van der Waals surface area contributed by atoms with Gasteiger partial charge in [-0.3, -0.25) is 9.59 Å². The number of aromatic nitrogens is 1. The molecule has 1 amide bonds. The van der Waals surface area contributed by atoms with E-state index >= 15 is 0 Å². The largest absolute Gasteiger partial charge is 0.481 e. The molecule has 2 heterocycles. The number of fused-ring (bicyclic) bond motifs is 1. The van der Waals surface area contributed by atoms with Gasteiger partial charge in [0.1, 0.15) is 0 Å². The van der Waals surface area contributed by atoms with E-state index in [-0.39, 0.29) is 18.1 Å². The Bertz CT molecular complexity index is 851. The number of nitrogens with one attached hydrogen (secondary N) is 1. The normalized spacial score (nSPS) is 10.9. The fourth-order valence-electron chi connectivity index (χ4n) is 2.42. The van der Waals surface area contributed by atoms with Gasteiger partial charge < -0.3 is 14.8 Å². The number of furan rings is 1. The Hall–Kier alpha value is -2.67. The first kappa shape index (κ1) is 17.2. The third-order valence-electron chi connectivity index (χ3n) is 3.69. The molecule has 130 valence electrons. The van der Waals surface area contributed by atoms with Crippen LogP contribution in [0.15, 0.2) is 40.8 Å². The van der Waals surface area contributed by atoms with Crippen LogP contribution >= 0.6 is 11.3 Å². The van der Waals surface area contributed by atoms with Crippen molar-refractivity contribution in [1.29, 1.82) is 0 Å². The van der Waals surface area contributed by atoms with Crippen LogP contribution in [-0.2, 0) is 4.79 Å². The number of hydrogen-bond acceptors (Lipinski definition) is 5. The maximum absolute atomic E-state index is 12.1. The van der Waals surface area contributed by atoms with Crippen molar-refractivity contribution < 1.29 is 19.1 Å². The number of carboxylic acid groups (broad SMARTS) is 1. The summed E-state index contributed by atoms with van der Waals surface area (Å²) >= 11 is 1.52. The van der Waals surface area contributed by atoms with Gasteiger partial charge in [0.15, 0.2) is 16.5 Å². The van der Waals surface area contributed by atoms with Crippen molar-refractivity contribution in [3.63, 3.8) is 0 Å². The lowest BCUT2D eigenvalue weighted by Gasteiger charge is -2.02. The second kappa shape index (κ2) is 7.94. The highest BCUT2D eigenvalue weighted by molar-refractivity contribution is 7.21. The summed E-state index contributed by atoms with van der Waals surface area (Å²) in [5.74, 6) is -0.236. The predicted octanol–water partition coefficient (Wildman–Crippen LogP) is 3.93. The summed E-state index contributed by atoms with van der Waals surface area (Å²) in [6.07, 6.45) is 2.29. The van der Waals surface area contributed by atoms with Crippen molar-refractivity contribution in [2.75, 3.05) is 6.54 Å². The third-order valence-corrected chi connectivity index (χ3v) is 4.74. The number of nitrogens with zero attached hydrogens (tertiary/aromatic N) is 1. The zero-order valence-electron chi connectivity index (χ0n) is 13.5. The highest BCUT2D eigenvalue weighted by atomic mass is 32.1. The number of thiazole rings is 1. The van der Waals surface area contributed by atoms with E-state index in [1.807, 2.05) is 24.3 Å². The van der Waals surface area contributed by atoms with Gasteiger partial charge in [-0.05, 0) is 37.1 Å². The number of hydrogen-bond donors (Lipinski definition) is 2. The summed E-state index contributed by atoms with van der Waals surface area (Å²) in [5, 5.41) is 12.1. The number of carboxylic acids is 1. The SMILES string of the molecule is O=C(O)CCCCCNC(=O)c1ccc(-c2nc3ccccc3s2)o1. The van der Waals surface area contributed by atoms with E-state index in [2.05, 4.69) is 10.3 Å². The monoisotopic (exact) mass is 358 g/mol. The minimum atomic E-state index is -0.790. The second-order valence-corrected chi connectivity index (χ2v) is 6.64. The third kappa shape index (κ3) is 4.45. The van der Waals surface area contributed by atoms with Crippen molar-refractivity contribution in [3.8, 4) is 10.8 Å². The molecule has 7 heteroatoms. The van der Waals surface area contributed by atoms with Crippen LogP contribution < -0.4 is 5.32 Å². The highest BCUT2D eigenvalue weighted by Gasteiger charge is 2.14. The van der Waals surface area contributed by atoms with Crippen molar-refractivity contribution in [3.05, 3.63) is 42.2 Å². The molecule has 3 rings (SSSR count). The molecule has 0 fully saturated rings. The standard InChI is InChI=1S/C18H18N2O4S/c21-16(22)8-2-1-5-11-19-17(23)13-9-10-14(24-13)18-20-12-6-3-4-7-15(12)25-18/h3-4,6-7,9-10H,1-2,5,8,11H2,(H,19,23)(H,21,22). The number of carbonyl (C=O) groups is 2. The molecule has 3 aromatic rings. The molecule has 0 bridgehead atoms. The molecule has 0 aliphatic rings. The van der Waals surface area contributed by atoms with Gasteiger partial charge in [-0.25, -0.2) is 4.98 Å². The van der Waals surface area contributed by atoms with Crippen LogP contribution in [0.5, 0.6) is 0 Å². The summed E-state index contributed by atoms with van der Waals surface area (Å²) in [6, 6.07) is 11.2. The number of para-hydroxylation sites is 1. The van der Waals surface area contributed by atoms with Crippen LogP contribution in [-0.4, -0.2) is 28.5 Å². The zero-order valence-corrected chi connectivity index (χ0v) is 14.3. The molecule has 0 saturated carbocycles. The molecule has 2 N–H and O–H groups in total. The fraction of sp³-hybridized carbons (Fsp3) is 0.278. The molecule has 0 aliphatic heterocycles. The minimum Gasteiger partial charge on any atom is -0.481 e. The molecular weight excluding hydrogens is 340 g/mol. The molecule has 0 spiro atoms. The quantitative estimate of drug-likeness (QED) is 0.595. The van der Waals surface area contributed by atoms with E-state index in [4.69, 9.17) is 9.52 Å². The van der Waals surface area contributed by atoms with Crippen molar-refractivity contribution in [1.82, 2.24) is 10.3 Å². The minimum absolute atomic E-state index is 0.164. The molecule has 0 atom stereocenters. The van der Waals surface area contributed by atoms with E-state index < -0.39 is 5.97 Å². The molecule has 0 radical (unpaired) electrons. The lowest BCUT2D eigenvalue weighted by atomic mass is 10.2. The first-order valence-electron chi connectivity index (χ1n) is 8.09. The van der Waals surface area contributed by atoms with Crippen LogP contribution in [0.1, 0.15) is 36.2 Å². The van der Waals surface area contributed by atoms with E-state index in [1.54, 1.807) is 12.1 Å². The van der Waals surface area contributed by atoms with E-state index in [1.165, 1.54) is 11.3 Å². The fourth-order valence-corrected chi connectivity index (χ4v) is 3.35.